The van der Waals surface area contributed by atoms with Crippen LogP contribution in [0.3, 0.4) is 0 Å². The van der Waals surface area contributed by atoms with Crippen LogP contribution in [0.5, 0.6) is 0 Å². The molecule has 1 unspecified atom stereocenters. The quantitative estimate of drug-likeness (QED) is 0.769. The van der Waals surface area contributed by atoms with E-state index in [9.17, 15) is 0 Å². The highest BCUT2D eigenvalue weighted by molar-refractivity contribution is 9.10. The van der Waals surface area contributed by atoms with E-state index in [0.29, 0.717) is 0 Å². The number of halogens is 2. The number of nitrogens with one attached hydrogen (secondary N) is 1. The van der Waals surface area contributed by atoms with Crippen molar-refractivity contribution in [2.75, 3.05) is 6.54 Å². The van der Waals surface area contributed by atoms with E-state index in [4.69, 9.17) is 11.6 Å². The molecule has 0 aliphatic carbocycles. The van der Waals surface area contributed by atoms with Crippen molar-refractivity contribution in [3.63, 3.8) is 0 Å². The van der Waals surface area contributed by atoms with Crippen LogP contribution in [0.15, 0.2) is 46.9 Å². The van der Waals surface area contributed by atoms with Crippen LogP contribution in [0.2, 0.25) is 5.02 Å². The van der Waals surface area contributed by atoms with E-state index in [1.54, 1.807) is 0 Å². The molecule has 1 atom stereocenters. The van der Waals surface area contributed by atoms with Crippen molar-refractivity contribution in [3.05, 3.63) is 68.7 Å². The van der Waals surface area contributed by atoms with Crippen molar-refractivity contribution in [1.29, 1.82) is 0 Å². The van der Waals surface area contributed by atoms with Crippen LogP contribution in [-0.4, -0.2) is 6.54 Å². The highest BCUT2D eigenvalue weighted by atomic mass is 79.9. The van der Waals surface area contributed by atoms with Gasteiger partial charge in [0.05, 0.1) is 0 Å². The van der Waals surface area contributed by atoms with Gasteiger partial charge in [0.25, 0.3) is 0 Å². The topological polar surface area (TPSA) is 12.0 Å². The monoisotopic (exact) mass is 351 g/mol. The number of hydrogen-bond acceptors (Lipinski definition) is 1. The lowest BCUT2D eigenvalue weighted by Gasteiger charge is -2.20. The van der Waals surface area contributed by atoms with Crippen LogP contribution in [0.4, 0.5) is 0 Å². The molecule has 0 heterocycles. The Bertz CT molecular complexity index is 583. The Morgan fingerprint density at radius 3 is 2.60 bits per heavy atom. The maximum absolute atomic E-state index is 6.26. The molecule has 20 heavy (non-hydrogen) atoms. The zero-order valence-electron chi connectivity index (χ0n) is 11.8. The predicted octanol–water partition coefficient (Wildman–Crippen LogP) is 5.30. The smallest absolute Gasteiger partial charge is 0.0438 e. The first-order valence-corrected chi connectivity index (χ1v) is 8.01. The zero-order chi connectivity index (χ0) is 14.5. The summed E-state index contributed by atoms with van der Waals surface area (Å²) in [6, 6.07) is 14.9. The minimum Gasteiger partial charge on any atom is -0.310 e. The summed E-state index contributed by atoms with van der Waals surface area (Å²) in [5, 5.41) is 4.37. The summed E-state index contributed by atoms with van der Waals surface area (Å²) in [7, 11) is 0. The van der Waals surface area contributed by atoms with E-state index >= 15 is 0 Å². The van der Waals surface area contributed by atoms with Gasteiger partial charge in [-0.1, -0.05) is 64.8 Å². The molecule has 1 N–H and O–H groups in total. The van der Waals surface area contributed by atoms with Gasteiger partial charge in [-0.15, -0.1) is 0 Å². The highest BCUT2D eigenvalue weighted by Gasteiger charge is 2.13. The summed E-state index contributed by atoms with van der Waals surface area (Å²) in [5.74, 6) is 0. The first-order chi connectivity index (χ1) is 9.61. The maximum Gasteiger partial charge on any atom is 0.0438 e. The van der Waals surface area contributed by atoms with Gasteiger partial charge in [0.1, 0.15) is 0 Å². The van der Waals surface area contributed by atoms with Gasteiger partial charge < -0.3 is 5.32 Å². The fourth-order valence-corrected chi connectivity index (χ4v) is 2.90. The van der Waals surface area contributed by atoms with Gasteiger partial charge in [0.2, 0.25) is 0 Å². The van der Waals surface area contributed by atoms with Gasteiger partial charge in [-0.05, 0) is 48.7 Å². The average Bonchev–Trinajstić information content (AvgIpc) is 2.44. The molecule has 0 radical (unpaired) electrons. The highest BCUT2D eigenvalue weighted by Crippen LogP contribution is 2.26. The molecular weight excluding hydrogens is 334 g/mol. The third-order valence-electron chi connectivity index (χ3n) is 3.43. The van der Waals surface area contributed by atoms with Crippen molar-refractivity contribution >= 4 is 27.5 Å². The Morgan fingerprint density at radius 1 is 1.20 bits per heavy atom. The average molecular weight is 353 g/mol. The van der Waals surface area contributed by atoms with Gasteiger partial charge >= 0.3 is 0 Å². The number of rotatable bonds is 5. The van der Waals surface area contributed by atoms with Crippen molar-refractivity contribution in [2.45, 2.75) is 26.3 Å². The predicted molar refractivity (Wildman–Crippen MR) is 90.5 cm³/mol. The third-order valence-corrected chi connectivity index (χ3v) is 4.61. The van der Waals surface area contributed by atoms with E-state index in [2.05, 4.69) is 64.6 Å². The van der Waals surface area contributed by atoms with Crippen molar-refractivity contribution in [3.8, 4) is 0 Å². The molecule has 1 nitrogen and oxygen atoms in total. The fourth-order valence-electron chi connectivity index (χ4n) is 2.26. The van der Waals surface area contributed by atoms with E-state index < -0.39 is 0 Å². The van der Waals surface area contributed by atoms with Crippen molar-refractivity contribution in [2.24, 2.45) is 0 Å². The zero-order valence-corrected chi connectivity index (χ0v) is 14.1. The lowest BCUT2D eigenvalue weighted by Crippen LogP contribution is -2.23. The maximum atomic E-state index is 6.26. The molecule has 2 rings (SSSR count). The summed E-state index contributed by atoms with van der Waals surface area (Å²) in [5.41, 5.74) is 3.65. The van der Waals surface area contributed by atoms with Gasteiger partial charge in [-0.25, -0.2) is 0 Å². The molecule has 106 valence electrons. The molecule has 0 aromatic heterocycles. The van der Waals surface area contributed by atoms with Crippen LogP contribution in [-0.2, 0) is 6.42 Å². The molecule has 2 aromatic carbocycles. The van der Waals surface area contributed by atoms with Crippen LogP contribution in [0, 0.1) is 6.92 Å². The molecule has 0 saturated heterocycles. The van der Waals surface area contributed by atoms with Gasteiger partial charge in [-0.2, -0.15) is 0 Å². The summed E-state index contributed by atoms with van der Waals surface area (Å²) in [4.78, 5) is 0. The first kappa shape index (κ1) is 15.6. The third kappa shape index (κ3) is 3.85. The SMILES string of the molecule is CCNC(Cc1ccccc1Br)c1ccc(C)c(Cl)c1. The van der Waals surface area contributed by atoms with Crippen LogP contribution < -0.4 is 5.32 Å². The number of benzene rings is 2. The van der Waals surface area contributed by atoms with Crippen LogP contribution >= 0.6 is 27.5 Å². The number of aryl methyl sites for hydroxylation is 1. The summed E-state index contributed by atoms with van der Waals surface area (Å²) in [6.45, 7) is 5.09. The Hall–Kier alpha value is -0.830. The Labute approximate surface area is 134 Å². The molecule has 3 heteroatoms. The Kier molecular flexibility index (Phi) is 5.64. The molecule has 0 bridgehead atoms. The molecule has 0 amide bonds. The molecule has 0 spiro atoms. The van der Waals surface area contributed by atoms with Crippen LogP contribution in [0.1, 0.15) is 29.7 Å². The summed E-state index contributed by atoms with van der Waals surface area (Å²) >= 11 is 9.88. The van der Waals surface area contributed by atoms with Crippen molar-refractivity contribution < 1.29 is 0 Å². The van der Waals surface area contributed by atoms with Crippen LogP contribution in [0.25, 0.3) is 0 Å². The number of likely N-dealkylation sites (N-methyl/N-ethyl adjacent to an activating group) is 1. The minimum absolute atomic E-state index is 0.275. The largest absolute Gasteiger partial charge is 0.310 e. The number of hydrogen-bond donors (Lipinski definition) is 1. The van der Waals surface area contributed by atoms with Gasteiger partial charge in [0, 0.05) is 15.5 Å². The Balaban J connectivity index is 2.27. The lowest BCUT2D eigenvalue weighted by atomic mass is 9.98. The van der Waals surface area contributed by atoms with Gasteiger partial charge in [-0.3, -0.25) is 0 Å². The summed E-state index contributed by atoms with van der Waals surface area (Å²) < 4.78 is 1.15. The normalized spacial score (nSPS) is 12.4. The second-order valence-electron chi connectivity index (χ2n) is 4.91. The summed E-state index contributed by atoms with van der Waals surface area (Å²) in [6.07, 6.45) is 0.939. The van der Waals surface area contributed by atoms with E-state index in [1.165, 1.54) is 11.1 Å². The lowest BCUT2D eigenvalue weighted by molar-refractivity contribution is 0.549. The van der Waals surface area contributed by atoms with Crippen molar-refractivity contribution in [1.82, 2.24) is 5.32 Å². The molecule has 0 aliphatic heterocycles. The van der Waals surface area contributed by atoms with E-state index in [-0.39, 0.29) is 6.04 Å². The molecule has 0 fully saturated rings. The van der Waals surface area contributed by atoms with Gasteiger partial charge in [0.15, 0.2) is 0 Å². The molecule has 2 aromatic rings. The second kappa shape index (κ2) is 7.26. The second-order valence-corrected chi connectivity index (χ2v) is 6.18. The standard InChI is InChI=1S/C17H19BrClN/c1-3-20-17(11-13-6-4-5-7-15(13)18)14-9-8-12(2)16(19)10-14/h4-10,17,20H,3,11H2,1-2H3. The molecule has 0 saturated carbocycles. The van der Waals surface area contributed by atoms with E-state index in [1.807, 2.05) is 13.0 Å². The first-order valence-electron chi connectivity index (χ1n) is 6.84. The van der Waals surface area contributed by atoms with E-state index in [0.717, 1.165) is 28.0 Å². The fraction of sp³-hybridized carbons (Fsp3) is 0.294. The minimum atomic E-state index is 0.275. The Morgan fingerprint density at radius 2 is 1.95 bits per heavy atom. The molecular formula is C17H19BrClN. The molecule has 0 aliphatic rings.